The molecular formula is C20H15F2N3O3S. The number of nitrogens with zero attached hydrogens (tertiary/aromatic N) is 2. The maximum absolute atomic E-state index is 12.3. The summed E-state index contributed by atoms with van der Waals surface area (Å²) in [6, 6.07) is 13.2. The summed E-state index contributed by atoms with van der Waals surface area (Å²) in [5, 5.41) is 2.51. The first kappa shape index (κ1) is 20.4. The molecule has 3 rings (SSSR count). The van der Waals surface area contributed by atoms with E-state index in [0.717, 1.165) is 11.6 Å². The van der Waals surface area contributed by atoms with E-state index in [9.17, 15) is 18.4 Å². The van der Waals surface area contributed by atoms with Gasteiger partial charge in [0.05, 0.1) is 22.9 Å². The van der Waals surface area contributed by atoms with Gasteiger partial charge in [0.25, 0.3) is 11.7 Å². The van der Waals surface area contributed by atoms with Crippen LogP contribution in [0.25, 0.3) is 17.1 Å². The molecule has 6 nitrogen and oxygen atoms in total. The second kappa shape index (κ2) is 9.74. The number of ether oxygens (including phenoxy) is 1. The zero-order chi connectivity index (χ0) is 20.6. The van der Waals surface area contributed by atoms with Crippen molar-refractivity contribution in [1.82, 2.24) is 9.97 Å². The second-order valence-electron chi connectivity index (χ2n) is 5.68. The van der Waals surface area contributed by atoms with E-state index < -0.39 is 24.2 Å². The fourth-order valence-electron chi connectivity index (χ4n) is 2.31. The van der Waals surface area contributed by atoms with Gasteiger partial charge in [-0.15, -0.1) is 0 Å². The van der Waals surface area contributed by atoms with Crippen LogP contribution in [0.2, 0.25) is 0 Å². The van der Waals surface area contributed by atoms with Gasteiger partial charge < -0.3 is 10.1 Å². The van der Waals surface area contributed by atoms with E-state index in [0.29, 0.717) is 33.6 Å². The Bertz CT molecular complexity index is 1040. The smallest absolute Gasteiger partial charge is 0.331 e. The monoisotopic (exact) mass is 415 g/mol. The van der Waals surface area contributed by atoms with Crippen molar-refractivity contribution in [3.05, 3.63) is 66.5 Å². The highest BCUT2D eigenvalue weighted by atomic mass is 32.2. The molecule has 3 aromatic rings. The Morgan fingerprint density at radius 1 is 1.10 bits per heavy atom. The normalized spacial score (nSPS) is 11.1. The van der Waals surface area contributed by atoms with Crippen LogP contribution in [0.5, 0.6) is 0 Å². The Morgan fingerprint density at radius 3 is 2.55 bits per heavy atom. The number of nitrogens with one attached hydrogen (secondary N) is 1. The van der Waals surface area contributed by atoms with Gasteiger partial charge in [-0.05, 0) is 42.5 Å². The summed E-state index contributed by atoms with van der Waals surface area (Å²) in [5.74, 6) is -3.77. The number of esters is 1. The standard InChI is InChI=1S/C20H15F2N3O3S/c21-20(22)29-15-8-5-13(6-9-15)25-18(26)12-28-19(27)10-7-14-11-23-16-3-1-2-4-17(16)24-14/h1-11,20H,12H2,(H,25,26)/b10-7+. The van der Waals surface area contributed by atoms with Gasteiger partial charge >= 0.3 is 5.97 Å². The van der Waals surface area contributed by atoms with Crippen LogP contribution in [0.3, 0.4) is 0 Å². The van der Waals surface area contributed by atoms with Crippen LogP contribution in [0.15, 0.2) is 65.7 Å². The molecule has 0 unspecified atom stereocenters. The van der Waals surface area contributed by atoms with Crippen molar-refractivity contribution in [2.45, 2.75) is 10.7 Å². The lowest BCUT2D eigenvalue weighted by Gasteiger charge is -2.06. The van der Waals surface area contributed by atoms with E-state index in [1.165, 1.54) is 36.5 Å². The molecule has 148 valence electrons. The van der Waals surface area contributed by atoms with E-state index in [2.05, 4.69) is 15.3 Å². The lowest BCUT2D eigenvalue weighted by atomic mass is 10.3. The fourth-order valence-corrected chi connectivity index (χ4v) is 2.81. The highest BCUT2D eigenvalue weighted by Crippen LogP contribution is 2.26. The minimum Gasteiger partial charge on any atom is -0.452 e. The van der Waals surface area contributed by atoms with Crippen LogP contribution in [-0.2, 0) is 14.3 Å². The molecule has 29 heavy (non-hydrogen) atoms. The number of amides is 1. The minimum atomic E-state index is -2.51. The number of carbonyl (C=O) groups excluding carboxylic acids is 2. The molecule has 0 aliphatic heterocycles. The van der Waals surface area contributed by atoms with Gasteiger partial charge in [-0.1, -0.05) is 23.9 Å². The summed E-state index contributed by atoms with van der Waals surface area (Å²) in [6.07, 6.45) is 4.12. The Labute approximate surface area is 169 Å². The van der Waals surface area contributed by atoms with Crippen molar-refractivity contribution >= 4 is 46.4 Å². The number of benzene rings is 2. The van der Waals surface area contributed by atoms with E-state index in [4.69, 9.17) is 4.74 Å². The van der Waals surface area contributed by atoms with Crippen molar-refractivity contribution in [3.63, 3.8) is 0 Å². The molecule has 2 aromatic carbocycles. The van der Waals surface area contributed by atoms with Crippen molar-refractivity contribution in [2.75, 3.05) is 11.9 Å². The molecule has 0 spiro atoms. The molecule has 0 saturated carbocycles. The van der Waals surface area contributed by atoms with Gasteiger partial charge in [0.1, 0.15) is 0 Å². The van der Waals surface area contributed by atoms with Crippen molar-refractivity contribution in [1.29, 1.82) is 0 Å². The molecule has 9 heteroatoms. The molecule has 1 aromatic heterocycles. The number of halogens is 2. The van der Waals surface area contributed by atoms with Crippen LogP contribution < -0.4 is 5.32 Å². The van der Waals surface area contributed by atoms with Crippen LogP contribution >= 0.6 is 11.8 Å². The number of rotatable bonds is 7. The Hall–Kier alpha value is -3.33. The van der Waals surface area contributed by atoms with Gasteiger partial charge in [0.15, 0.2) is 6.61 Å². The topological polar surface area (TPSA) is 81.2 Å². The average molecular weight is 415 g/mol. The van der Waals surface area contributed by atoms with Gasteiger partial charge in [-0.3, -0.25) is 9.78 Å². The first-order chi connectivity index (χ1) is 14.0. The summed E-state index contributed by atoms with van der Waals surface area (Å²) in [6.45, 7) is -0.486. The fraction of sp³-hybridized carbons (Fsp3) is 0.100. The van der Waals surface area contributed by atoms with Gasteiger partial charge in [0, 0.05) is 16.7 Å². The predicted octanol–water partition coefficient (Wildman–Crippen LogP) is 4.14. The van der Waals surface area contributed by atoms with E-state index in [-0.39, 0.29) is 0 Å². The van der Waals surface area contributed by atoms with E-state index in [1.807, 2.05) is 18.2 Å². The number of para-hydroxylation sites is 2. The third-order valence-corrected chi connectivity index (χ3v) is 4.29. The zero-order valence-electron chi connectivity index (χ0n) is 14.9. The first-order valence-electron chi connectivity index (χ1n) is 8.41. The Morgan fingerprint density at radius 2 is 1.83 bits per heavy atom. The largest absolute Gasteiger partial charge is 0.452 e. The molecule has 0 radical (unpaired) electrons. The molecule has 0 bridgehead atoms. The van der Waals surface area contributed by atoms with Crippen LogP contribution in [-0.4, -0.2) is 34.2 Å². The summed E-state index contributed by atoms with van der Waals surface area (Å²) < 4.78 is 29.4. The van der Waals surface area contributed by atoms with Gasteiger partial charge in [-0.2, -0.15) is 8.78 Å². The van der Waals surface area contributed by atoms with Crippen molar-refractivity contribution in [3.8, 4) is 0 Å². The van der Waals surface area contributed by atoms with Gasteiger partial charge in [-0.25, -0.2) is 9.78 Å². The number of alkyl halides is 2. The number of hydrogen-bond donors (Lipinski definition) is 1. The Balaban J connectivity index is 1.47. The van der Waals surface area contributed by atoms with Crippen LogP contribution in [0, 0.1) is 0 Å². The molecule has 0 atom stereocenters. The third-order valence-electron chi connectivity index (χ3n) is 3.57. The van der Waals surface area contributed by atoms with Gasteiger partial charge in [0.2, 0.25) is 0 Å². The summed E-state index contributed by atoms with van der Waals surface area (Å²) in [4.78, 5) is 32.6. The molecule has 0 fully saturated rings. The molecule has 1 N–H and O–H groups in total. The number of thioether (sulfide) groups is 1. The van der Waals surface area contributed by atoms with Crippen LogP contribution in [0.4, 0.5) is 14.5 Å². The maximum Gasteiger partial charge on any atom is 0.331 e. The minimum absolute atomic E-state index is 0.381. The number of aromatic nitrogens is 2. The number of carbonyl (C=O) groups is 2. The van der Waals surface area contributed by atoms with Crippen molar-refractivity contribution < 1.29 is 23.1 Å². The molecule has 1 amide bonds. The maximum atomic E-state index is 12.3. The van der Waals surface area contributed by atoms with E-state index >= 15 is 0 Å². The lowest BCUT2D eigenvalue weighted by molar-refractivity contribution is -0.142. The third kappa shape index (κ3) is 6.35. The average Bonchev–Trinajstić information content (AvgIpc) is 2.71. The number of anilines is 1. The van der Waals surface area contributed by atoms with E-state index in [1.54, 1.807) is 6.07 Å². The highest BCUT2D eigenvalue weighted by Gasteiger charge is 2.08. The SMILES string of the molecule is O=C(COC(=O)/C=C/c1cnc2ccccc2n1)Nc1ccc(SC(F)F)cc1. The molecule has 0 saturated heterocycles. The Kier molecular flexibility index (Phi) is 6.85. The quantitative estimate of drug-likeness (QED) is 0.355. The predicted molar refractivity (Wildman–Crippen MR) is 106 cm³/mol. The summed E-state index contributed by atoms with van der Waals surface area (Å²) in [7, 11) is 0. The number of hydrogen-bond acceptors (Lipinski definition) is 6. The molecule has 0 aliphatic rings. The molecular weight excluding hydrogens is 400 g/mol. The molecule has 1 heterocycles. The first-order valence-corrected chi connectivity index (χ1v) is 9.29. The summed E-state index contributed by atoms with van der Waals surface area (Å²) in [5.41, 5.74) is 2.32. The zero-order valence-corrected chi connectivity index (χ0v) is 15.7. The molecule has 0 aliphatic carbocycles. The number of fused-ring (bicyclic) bond motifs is 1. The second-order valence-corrected chi connectivity index (χ2v) is 6.74. The highest BCUT2D eigenvalue weighted by molar-refractivity contribution is 7.99. The van der Waals surface area contributed by atoms with Crippen molar-refractivity contribution in [2.24, 2.45) is 0 Å². The summed E-state index contributed by atoms with van der Waals surface area (Å²) >= 11 is 0.412. The van der Waals surface area contributed by atoms with Crippen LogP contribution in [0.1, 0.15) is 5.69 Å². The lowest BCUT2D eigenvalue weighted by Crippen LogP contribution is -2.20.